The van der Waals surface area contributed by atoms with E-state index in [1.165, 1.54) is 5.56 Å². The molecule has 1 aromatic heterocycles. The van der Waals surface area contributed by atoms with Gasteiger partial charge in [-0.25, -0.2) is 0 Å². The first-order valence-electron chi connectivity index (χ1n) is 4.92. The Morgan fingerprint density at radius 1 is 1.07 bits per heavy atom. The fourth-order valence-corrected chi connectivity index (χ4v) is 1.17. The molecule has 0 aliphatic rings. The maximum Gasteiger partial charge on any atom is 0.0405 e. The van der Waals surface area contributed by atoms with Crippen LogP contribution in [0.1, 0.15) is 12.5 Å². The van der Waals surface area contributed by atoms with Crippen LogP contribution in [0.25, 0.3) is 0 Å². The second-order valence-corrected chi connectivity index (χ2v) is 3.45. The van der Waals surface area contributed by atoms with Gasteiger partial charge in [0.25, 0.3) is 0 Å². The maximum atomic E-state index is 5.54. The lowest BCUT2D eigenvalue weighted by Crippen LogP contribution is -1.77. The Balaban J connectivity index is 0.000000151. The molecule has 1 aromatic carbocycles. The van der Waals surface area contributed by atoms with Crippen molar-refractivity contribution in [1.29, 1.82) is 0 Å². The summed E-state index contributed by atoms with van der Waals surface area (Å²) < 4.78 is 0. The van der Waals surface area contributed by atoms with E-state index in [1.54, 1.807) is 6.20 Å². The molecule has 0 atom stereocenters. The van der Waals surface area contributed by atoms with Gasteiger partial charge in [0.15, 0.2) is 0 Å². The third-order valence-electron chi connectivity index (χ3n) is 1.86. The summed E-state index contributed by atoms with van der Waals surface area (Å²) in [6.45, 7) is 2.12. The van der Waals surface area contributed by atoms with Crippen molar-refractivity contribution in [2.24, 2.45) is 0 Å². The molecule has 0 N–H and O–H groups in total. The summed E-state index contributed by atoms with van der Waals surface area (Å²) in [6, 6.07) is 13.5. The summed E-state index contributed by atoms with van der Waals surface area (Å²) in [5.41, 5.74) is 1.30. The van der Waals surface area contributed by atoms with Crippen molar-refractivity contribution in [3.8, 4) is 0 Å². The lowest BCUT2D eigenvalue weighted by atomic mass is 10.2. The average molecular weight is 220 g/mol. The third kappa shape index (κ3) is 5.18. The minimum Gasteiger partial charge on any atom is -0.264 e. The summed E-state index contributed by atoms with van der Waals surface area (Å²) in [7, 11) is 0. The number of benzene rings is 1. The first-order valence-corrected chi connectivity index (χ1v) is 5.30. The molecule has 2 aromatic rings. The van der Waals surface area contributed by atoms with Crippen molar-refractivity contribution in [2.45, 2.75) is 13.3 Å². The number of pyridine rings is 1. The average Bonchev–Trinajstić information content (AvgIpc) is 2.32. The van der Waals surface area contributed by atoms with Crippen molar-refractivity contribution in [3.05, 3.63) is 65.4 Å². The molecule has 0 radical (unpaired) electrons. The van der Waals surface area contributed by atoms with Gasteiger partial charge in [-0.2, -0.15) is 0 Å². The molecule has 2 heteroatoms. The van der Waals surface area contributed by atoms with Crippen LogP contribution in [0, 0.1) is 0 Å². The van der Waals surface area contributed by atoms with Crippen molar-refractivity contribution >= 4 is 11.6 Å². The van der Waals surface area contributed by atoms with Crippen LogP contribution in [0.5, 0.6) is 0 Å². The van der Waals surface area contributed by atoms with E-state index in [4.69, 9.17) is 11.6 Å². The van der Waals surface area contributed by atoms with Crippen LogP contribution < -0.4 is 0 Å². The fraction of sp³-hybridized carbons (Fsp3) is 0.154. The molecule has 0 spiro atoms. The lowest BCUT2D eigenvalue weighted by molar-refractivity contribution is 1.10. The van der Waals surface area contributed by atoms with Crippen LogP contribution in [-0.4, -0.2) is 4.98 Å². The highest BCUT2D eigenvalue weighted by Crippen LogP contribution is 2.03. The molecule has 0 aliphatic heterocycles. The van der Waals surface area contributed by atoms with Gasteiger partial charge in [0, 0.05) is 17.4 Å². The first kappa shape index (κ1) is 11.7. The molecule has 0 amide bonds. The Kier molecular flexibility index (Phi) is 5.49. The minimum atomic E-state index is 0.794. The molecule has 0 unspecified atom stereocenters. The highest BCUT2D eigenvalue weighted by Gasteiger charge is 1.81. The molecule has 0 saturated heterocycles. The molecule has 78 valence electrons. The van der Waals surface area contributed by atoms with Gasteiger partial charge in [-0.15, -0.1) is 0 Å². The van der Waals surface area contributed by atoms with Crippen molar-refractivity contribution in [2.75, 3.05) is 0 Å². The third-order valence-corrected chi connectivity index (χ3v) is 2.12. The topological polar surface area (TPSA) is 12.9 Å². The first-order chi connectivity index (χ1) is 7.33. The Bertz CT molecular complexity index is 359. The summed E-state index contributed by atoms with van der Waals surface area (Å²) in [6.07, 6.45) is 4.76. The molecule has 0 aliphatic carbocycles. The molecule has 1 heterocycles. The number of halogens is 1. The zero-order valence-electron chi connectivity index (χ0n) is 8.73. The second-order valence-electron chi connectivity index (χ2n) is 3.01. The van der Waals surface area contributed by atoms with Crippen molar-refractivity contribution in [1.82, 2.24) is 4.98 Å². The van der Waals surface area contributed by atoms with Crippen LogP contribution in [-0.2, 0) is 6.42 Å². The van der Waals surface area contributed by atoms with Gasteiger partial charge < -0.3 is 0 Å². The van der Waals surface area contributed by atoms with Gasteiger partial charge >= 0.3 is 0 Å². The normalized spacial score (nSPS) is 8.93. The second kappa shape index (κ2) is 7.02. The quantitative estimate of drug-likeness (QED) is 0.707. The smallest absolute Gasteiger partial charge is 0.0405 e. The molecule has 0 fully saturated rings. The van der Waals surface area contributed by atoms with E-state index in [0.29, 0.717) is 0 Å². The Hall–Kier alpha value is -1.34. The molecular formula is C13H14ClN. The Morgan fingerprint density at radius 3 is 2.13 bits per heavy atom. The highest BCUT2D eigenvalue weighted by molar-refractivity contribution is 6.30. The number of aromatic nitrogens is 1. The summed E-state index contributed by atoms with van der Waals surface area (Å²) >= 11 is 5.54. The van der Waals surface area contributed by atoms with Gasteiger partial charge in [0.2, 0.25) is 0 Å². The van der Waals surface area contributed by atoms with Gasteiger partial charge in [-0.05, 0) is 30.2 Å². The van der Waals surface area contributed by atoms with E-state index in [-0.39, 0.29) is 0 Å². The zero-order valence-corrected chi connectivity index (χ0v) is 9.48. The molecule has 15 heavy (non-hydrogen) atoms. The number of nitrogens with zero attached hydrogens (tertiary/aromatic N) is 1. The lowest BCUT2D eigenvalue weighted by Gasteiger charge is -1.88. The number of aryl methyl sites for hydroxylation is 1. The van der Waals surface area contributed by atoms with Crippen molar-refractivity contribution in [3.63, 3.8) is 0 Å². The fourth-order valence-electron chi connectivity index (χ4n) is 1.02. The Morgan fingerprint density at radius 2 is 1.80 bits per heavy atom. The predicted octanol–water partition coefficient (Wildman–Crippen LogP) is 3.98. The maximum absolute atomic E-state index is 5.54. The van der Waals surface area contributed by atoms with Crippen LogP contribution in [0.15, 0.2) is 54.9 Å². The van der Waals surface area contributed by atoms with E-state index in [0.717, 1.165) is 11.4 Å². The number of hydrogen-bond donors (Lipinski definition) is 0. The molecular weight excluding hydrogens is 206 g/mol. The van der Waals surface area contributed by atoms with Crippen LogP contribution in [0.4, 0.5) is 0 Å². The summed E-state index contributed by atoms with van der Waals surface area (Å²) in [5.74, 6) is 0. The van der Waals surface area contributed by atoms with Crippen molar-refractivity contribution < 1.29 is 0 Å². The van der Waals surface area contributed by atoms with Gasteiger partial charge in [0.05, 0.1) is 0 Å². The van der Waals surface area contributed by atoms with Crippen LogP contribution in [0.2, 0.25) is 5.02 Å². The van der Waals surface area contributed by atoms with Crippen LogP contribution in [0.3, 0.4) is 0 Å². The SMILES string of the molecule is CCc1cccnc1.Clc1ccccc1. The van der Waals surface area contributed by atoms with Gasteiger partial charge in [0.1, 0.15) is 0 Å². The molecule has 2 rings (SSSR count). The van der Waals surface area contributed by atoms with Crippen LogP contribution >= 0.6 is 11.6 Å². The minimum absolute atomic E-state index is 0.794. The summed E-state index contributed by atoms with van der Waals surface area (Å²) in [4.78, 5) is 3.96. The Labute approximate surface area is 95.7 Å². The predicted molar refractivity (Wildman–Crippen MR) is 65.1 cm³/mol. The van der Waals surface area contributed by atoms with E-state index < -0.39 is 0 Å². The van der Waals surface area contributed by atoms with Gasteiger partial charge in [-0.1, -0.05) is 42.8 Å². The van der Waals surface area contributed by atoms with E-state index in [2.05, 4.69) is 18.0 Å². The molecule has 0 saturated carbocycles. The number of hydrogen-bond acceptors (Lipinski definition) is 1. The molecule has 1 nitrogen and oxygen atoms in total. The monoisotopic (exact) mass is 219 g/mol. The largest absolute Gasteiger partial charge is 0.264 e. The van der Waals surface area contributed by atoms with E-state index in [1.807, 2.05) is 42.6 Å². The van der Waals surface area contributed by atoms with E-state index in [9.17, 15) is 0 Å². The zero-order chi connectivity index (χ0) is 10.9. The molecule has 0 bridgehead atoms. The summed E-state index contributed by atoms with van der Waals surface area (Å²) in [5, 5.41) is 0.794. The highest BCUT2D eigenvalue weighted by atomic mass is 35.5. The van der Waals surface area contributed by atoms with Gasteiger partial charge in [-0.3, -0.25) is 4.98 Å². The van der Waals surface area contributed by atoms with E-state index >= 15 is 0 Å². The standard InChI is InChI=1S/C7H9N.C6H5Cl/c1-2-7-4-3-5-8-6-7;7-6-4-2-1-3-5-6/h3-6H,2H2,1H3;1-5H. The number of rotatable bonds is 1.